The Kier molecular flexibility index (Phi) is 9.83. The second-order valence-electron chi connectivity index (χ2n) is 7.81. The first kappa shape index (κ1) is 26.4. The summed E-state index contributed by atoms with van der Waals surface area (Å²) in [5.74, 6) is -1.21. The van der Waals surface area contributed by atoms with Crippen molar-refractivity contribution in [1.29, 1.82) is 0 Å². The Labute approximate surface area is 209 Å². The normalized spacial score (nSPS) is 12.3. The van der Waals surface area contributed by atoms with Crippen LogP contribution in [0.4, 0.5) is 4.79 Å². The maximum atomic E-state index is 13.3. The van der Waals surface area contributed by atoms with Gasteiger partial charge in [-0.1, -0.05) is 66.7 Å². The van der Waals surface area contributed by atoms with E-state index in [1.165, 1.54) is 6.07 Å². The van der Waals surface area contributed by atoms with Crippen molar-refractivity contribution in [3.8, 4) is 0 Å². The topological polar surface area (TPSA) is 113 Å². The first-order valence-electron chi connectivity index (χ1n) is 11.1. The van der Waals surface area contributed by atoms with Crippen molar-refractivity contribution in [2.45, 2.75) is 42.7 Å². The number of aliphatic carboxylic acids is 1. The minimum Gasteiger partial charge on any atom is -0.480 e. The lowest BCUT2D eigenvalue weighted by molar-refractivity contribution is -0.141. The number of benzene rings is 2. The number of nitrogens with zero attached hydrogens (tertiary/aromatic N) is 1. The summed E-state index contributed by atoms with van der Waals surface area (Å²) in [5.41, 5.74) is 1.57. The molecule has 8 nitrogen and oxygen atoms in total. The highest BCUT2D eigenvalue weighted by Crippen LogP contribution is 2.26. The van der Waals surface area contributed by atoms with Crippen molar-refractivity contribution < 1.29 is 27.9 Å². The van der Waals surface area contributed by atoms with Crippen LogP contribution in [0.5, 0.6) is 0 Å². The molecule has 0 aliphatic heterocycles. The molecule has 1 atom stereocenters. The molecule has 3 rings (SSSR count). The summed E-state index contributed by atoms with van der Waals surface area (Å²) in [4.78, 5) is 24.0. The highest BCUT2D eigenvalue weighted by Gasteiger charge is 2.36. The zero-order valence-electron chi connectivity index (χ0n) is 19.1. The zero-order valence-corrected chi connectivity index (χ0v) is 20.7. The molecule has 3 aromatic rings. The molecule has 0 saturated heterocycles. The first-order valence-corrected chi connectivity index (χ1v) is 13.5. The Morgan fingerprint density at radius 1 is 0.943 bits per heavy atom. The predicted molar refractivity (Wildman–Crippen MR) is 133 cm³/mol. The third-order valence-corrected chi connectivity index (χ3v) is 8.49. The minimum atomic E-state index is -4.01. The van der Waals surface area contributed by atoms with Crippen LogP contribution >= 0.6 is 11.3 Å². The largest absolute Gasteiger partial charge is 0.480 e. The highest BCUT2D eigenvalue weighted by molar-refractivity contribution is 7.91. The number of unbranched alkanes of at least 4 members (excludes halogenated alkanes) is 1. The van der Waals surface area contributed by atoms with E-state index in [0.717, 1.165) is 21.2 Å². The lowest BCUT2D eigenvalue weighted by Crippen LogP contribution is -2.44. The number of carbonyl (C=O) groups excluding carboxylic acids is 1. The quantitative estimate of drug-likeness (QED) is 0.324. The van der Waals surface area contributed by atoms with E-state index in [9.17, 15) is 23.1 Å². The molecule has 2 aromatic carbocycles. The fraction of sp³-hybridized carbons (Fsp3) is 0.280. The molecule has 186 valence electrons. The number of nitrogens with one attached hydrogen (secondary N) is 1. The summed E-state index contributed by atoms with van der Waals surface area (Å²) >= 11 is 1.05. The number of hydrogen-bond donors (Lipinski definition) is 2. The fourth-order valence-corrected chi connectivity index (χ4v) is 6.19. The Bertz CT molecular complexity index is 1170. The molecule has 0 aliphatic carbocycles. The van der Waals surface area contributed by atoms with E-state index >= 15 is 0 Å². The van der Waals surface area contributed by atoms with Crippen molar-refractivity contribution in [1.82, 2.24) is 9.62 Å². The summed E-state index contributed by atoms with van der Waals surface area (Å²) < 4.78 is 32.9. The number of sulfonamides is 1. The van der Waals surface area contributed by atoms with Crippen LogP contribution in [-0.2, 0) is 32.7 Å². The minimum absolute atomic E-state index is 0.0535. The summed E-state index contributed by atoms with van der Waals surface area (Å²) in [6.07, 6.45) is 0.423. The molecular formula is C25H28N2O6S2. The maximum absolute atomic E-state index is 13.3. The van der Waals surface area contributed by atoms with Crippen molar-refractivity contribution in [2.24, 2.45) is 0 Å². The van der Waals surface area contributed by atoms with Gasteiger partial charge in [0.2, 0.25) is 0 Å². The van der Waals surface area contributed by atoms with Gasteiger partial charge in [0.1, 0.15) is 16.9 Å². The summed E-state index contributed by atoms with van der Waals surface area (Å²) in [6.45, 7) is 0.390. The van der Waals surface area contributed by atoms with Crippen LogP contribution in [0.15, 0.2) is 82.4 Å². The van der Waals surface area contributed by atoms with E-state index in [1.54, 1.807) is 35.7 Å². The van der Waals surface area contributed by atoms with Crippen LogP contribution in [-0.4, -0.2) is 42.5 Å². The number of thiophene rings is 1. The Balaban J connectivity index is 1.57. The summed E-state index contributed by atoms with van der Waals surface area (Å²) in [6, 6.07) is 20.1. The summed E-state index contributed by atoms with van der Waals surface area (Å²) in [7, 11) is -4.01. The van der Waals surface area contributed by atoms with Crippen molar-refractivity contribution in [3.63, 3.8) is 0 Å². The van der Waals surface area contributed by atoms with Crippen LogP contribution in [0, 0.1) is 0 Å². The van der Waals surface area contributed by atoms with Gasteiger partial charge in [-0.15, -0.1) is 11.3 Å². The van der Waals surface area contributed by atoms with E-state index in [0.29, 0.717) is 18.4 Å². The summed E-state index contributed by atoms with van der Waals surface area (Å²) in [5, 5.41) is 14.2. The number of carbonyl (C=O) groups is 2. The molecule has 0 fully saturated rings. The number of carboxylic acid groups (broad SMARTS) is 1. The van der Waals surface area contributed by atoms with Gasteiger partial charge in [0.05, 0.1) is 0 Å². The number of rotatable bonds is 13. The molecular weight excluding hydrogens is 488 g/mol. The van der Waals surface area contributed by atoms with Crippen LogP contribution in [0.1, 0.15) is 30.4 Å². The molecule has 1 aromatic heterocycles. The van der Waals surface area contributed by atoms with Crippen LogP contribution < -0.4 is 5.32 Å². The molecule has 0 aliphatic rings. The second kappa shape index (κ2) is 13.0. The van der Waals surface area contributed by atoms with Gasteiger partial charge in [-0.2, -0.15) is 4.31 Å². The Morgan fingerprint density at radius 2 is 1.60 bits per heavy atom. The van der Waals surface area contributed by atoms with E-state index in [4.69, 9.17) is 4.74 Å². The molecule has 10 heteroatoms. The van der Waals surface area contributed by atoms with Gasteiger partial charge in [-0.05, 0) is 41.8 Å². The zero-order chi connectivity index (χ0) is 25.1. The van der Waals surface area contributed by atoms with Gasteiger partial charge < -0.3 is 15.2 Å². The number of ether oxygens (including phenoxy) is 1. The smallest absolute Gasteiger partial charge is 0.407 e. The van der Waals surface area contributed by atoms with E-state index in [-0.39, 0.29) is 30.3 Å². The molecule has 0 bridgehead atoms. The van der Waals surface area contributed by atoms with Gasteiger partial charge in [0.15, 0.2) is 0 Å². The van der Waals surface area contributed by atoms with Gasteiger partial charge in [0, 0.05) is 13.1 Å². The molecule has 0 unspecified atom stereocenters. The Morgan fingerprint density at radius 3 is 2.20 bits per heavy atom. The third-order valence-electron chi connectivity index (χ3n) is 5.26. The van der Waals surface area contributed by atoms with Crippen LogP contribution in [0.3, 0.4) is 0 Å². The molecule has 2 N–H and O–H groups in total. The molecule has 0 radical (unpaired) electrons. The SMILES string of the molecule is O=C(NCCCC[C@@H](C(=O)O)N(Cc1ccccc1)S(=O)(=O)c1cccs1)OCc1ccccc1. The molecule has 0 saturated carbocycles. The van der Waals surface area contributed by atoms with Crippen LogP contribution in [0.2, 0.25) is 0 Å². The number of carboxylic acids is 1. The lowest BCUT2D eigenvalue weighted by Gasteiger charge is -2.28. The highest BCUT2D eigenvalue weighted by atomic mass is 32.2. The van der Waals surface area contributed by atoms with Gasteiger partial charge in [-0.3, -0.25) is 4.79 Å². The number of amides is 1. The van der Waals surface area contributed by atoms with Gasteiger partial charge in [-0.25, -0.2) is 13.2 Å². The molecule has 1 amide bonds. The van der Waals surface area contributed by atoms with Crippen molar-refractivity contribution >= 4 is 33.4 Å². The van der Waals surface area contributed by atoms with E-state index < -0.39 is 28.1 Å². The average Bonchev–Trinajstić information content (AvgIpc) is 3.41. The predicted octanol–water partition coefficient (Wildman–Crippen LogP) is 4.49. The maximum Gasteiger partial charge on any atom is 0.407 e. The second-order valence-corrected chi connectivity index (χ2v) is 10.9. The standard InChI is InChI=1S/C25H28N2O6S2/c28-24(29)22(14-7-8-16-26-25(30)33-19-21-12-5-2-6-13-21)27(18-20-10-3-1-4-11-20)35(31,32)23-15-9-17-34-23/h1-6,9-13,15,17,22H,7-8,14,16,18-19H2,(H,26,30)(H,28,29)/t22-/m0/s1. The monoisotopic (exact) mass is 516 g/mol. The van der Waals surface area contributed by atoms with Crippen molar-refractivity contribution in [2.75, 3.05) is 6.54 Å². The van der Waals surface area contributed by atoms with Crippen LogP contribution in [0.25, 0.3) is 0 Å². The van der Waals surface area contributed by atoms with E-state index in [2.05, 4.69) is 5.32 Å². The molecule has 1 heterocycles. The third kappa shape index (κ3) is 7.91. The Hall–Kier alpha value is -3.21. The molecule has 35 heavy (non-hydrogen) atoms. The fourth-order valence-electron chi connectivity index (χ4n) is 3.47. The average molecular weight is 517 g/mol. The molecule has 0 spiro atoms. The lowest BCUT2D eigenvalue weighted by atomic mass is 10.1. The number of hydrogen-bond acceptors (Lipinski definition) is 6. The van der Waals surface area contributed by atoms with E-state index in [1.807, 2.05) is 36.4 Å². The van der Waals surface area contributed by atoms with Crippen molar-refractivity contribution in [3.05, 3.63) is 89.3 Å². The number of alkyl carbamates (subject to hydrolysis) is 1. The van der Waals surface area contributed by atoms with Gasteiger partial charge in [0.25, 0.3) is 10.0 Å². The van der Waals surface area contributed by atoms with Gasteiger partial charge >= 0.3 is 12.1 Å². The first-order chi connectivity index (χ1) is 16.9.